The van der Waals surface area contributed by atoms with Gasteiger partial charge in [-0.1, -0.05) is 0 Å². The topological polar surface area (TPSA) is 71.1 Å². The minimum absolute atomic E-state index is 0.0183. The highest BCUT2D eigenvalue weighted by Crippen LogP contribution is 2.16. The van der Waals surface area contributed by atoms with Gasteiger partial charge in [-0.25, -0.2) is 17.6 Å². The molecule has 0 saturated heterocycles. The van der Waals surface area contributed by atoms with Crippen molar-refractivity contribution in [1.29, 1.82) is 0 Å². The Morgan fingerprint density at radius 2 is 1.14 bits per heavy atom. The van der Waals surface area contributed by atoms with Crippen LogP contribution in [0.2, 0.25) is 0 Å². The van der Waals surface area contributed by atoms with E-state index in [4.69, 9.17) is 0 Å². The van der Waals surface area contributed by atoms with Crippen molar-refractivity contribution in [3.05, 3.63) is 89.3 Å². The third kappa shape index (κ3) is 4.70. The summed E-state index contributed by atoms with van der Waals surface area (Å²) in [7, 11) is 0. The smallest absolute Gasteiger partial charge is 0.274 e. The third-order valence-corrected chi connectivity index (χ3v) is 3.50. The zero-order valence-electron chi connectivity index (χ0n) is 14.0. The molecule has 0 atom stereocenters. The SMILES string of the molecule is O=C(Nc1cc(F)cc(F)c1)c1ccnc(C(=O)Nc2cc(F)cc(F)c2)c1. The Morgan fingerprint density at radius 1 is 0.679 bits per heavy atom. The first kappa shape index (κ1) is 19.0. The van der Waals surface area contributed by atoms with Gasteiger partial charge in [0, 0.05) is 35.3 Å². The van der Waals surface area contributed by atoms with Crippen molar-refractivity contribution in [2.45, 2.75) is 0 Å². The van der Waals surface area contributed by atoms with Crippen LogP contribution in [-0.4, -0.2) is 16.8 Å². The molecule has 2 aromatic carbocycles. The maximum absolute atomic E-state index is 13.2. The summed E-state index contributed by atoms with van der Waals surface area (Å²) in [4.78, 5) is 28.3. The fourth-order valence-corrected chi connectivity index (χ4v) is 2.35. The Bertz CT molecular complexity index is 952. The van der Waals surface area contributed by atoms with Gasteiger partial charge in [0.25, 0.3) is 11.8 Å². The molecule has 3 aromatic rings. The second-order valence-electron chi connectivity index (χ2n) is 5.65. The van der Waals surface area contributed by atoms with Crippen molar-refractivity contribution in [1.82, 2.24) is 4.98 Å². The van der Waals surface area contributed by atoms with E-state index in [0.29, 0.717) is 12.1 Å². The van der Waals surface area contributed by atoms with Gasteiger partial charge in [-0.3, -0.25) is 14.6 Å². The van der Waals surface area contributed by atoms with Gasteiger partial charge >= 0.3 is 0 Å². The summed E-state index contributed by atoms with van der Waals surface area (Å²) in [6.45, 7) is 0. The molecule has 0 unspecified atom stereocenters. The molecule has 0 fully saturated rings. The molecule has 142 valence electrons. The number of hydrogen-bond donors (Lipinski definition) is 2. The maximum Gasteiger partial charge on any atom is 0.274 e. The van der Waals surface area contributed by atoms with Gasteiger partial charge in [-0.05, 0) is 36.4 Å². The van der Waals surface area contributed by atoms with E-state index in [9.17, 15) is 27.2 Å². The van der Waals surface area contributed by atoms with Crippen LogP contribution in [0, 0.1) is 23.3 Å². The molecule has 0 aliphatic rings. The van der Waals surface area contributed by atoms with Crippen LogP contribution in [0.15, 0.2) is 54.7 Å². The standard InChI is InChI=1S/C19H11F4N3O2/c20-11-4-12(21)7-15(6-11)25-18(27)10-1-2-24-17(3-10)19(28)26-16-8-13(22)5-14(23)9-16/h1-9H,(H,25,27)(H,26,28). The van der Waals surface area contributed by atoms with Gasteiger partial charge < -0.3 is 10.6 Å². The average molecular weight is 389 g/mol. The first-order valence-corrected chi connectivity index (χ1v) is 7.81. The van der Waals surface area contributed by atoms with Crippen LogP contribution < -0.4 is 10.6 Å². The van der Waals surface area contributed by atoms with Crippen molar-refractivity contribution in [2.75, 3.05) is 10.6 Å². The van der Waals surface area contributed by atoms with Crippen molar-refractivity contribution in [2.24, 2.45) is 0 Å². The van der Waals surface area contributed by atoms with E-state index >= 15 is 0 Å². The Balaban J connectivity index is 1.77. The quantitative estimate of drug-likeness (QED) is 0.659. The van der Waals surface area contributed by atoms with E-state index in [1.165, 1.54) is 12.3 Å². The second kappa shape index (κ2) is 7.87. The maximum atomic E-state index is 13.2. The monoisotopic (exact) mass is 389 g/mol. The fraction of sp³-hybridized carbons (Fsp3) is 0. The van der Waals surface area contributed by atoms with Crippen molar-refractivity contribution in [3.8, 4) is 0 Å². The molecule has 1 heterocycles. The zero-order valence-corrected chi connectivity index (χ0v) is 14.0. The Morgan fingerprint density at radius 3 is 1.64 bits per heavy atom. The molecule has 9 heteroatoms. The number of rotatable bonds is 4. The Hall–Kier alpha value is -3.75. The summed E-state index contributed by atoms with van der Waals surface area (Å²) >= 11 is 0. The molecule has 0 aliphatic heterocycles. The summed E-state index contributed by atoms with van der Waals surface area (Å²) < 4.78 is 52.8. The molecular formula is C19H11F4N3O2. The summed E-state index contributed by atoms with van der Waals surface area (Å²) in [5.74, 6) is -5.04. The zero-order chi connectivity index (χ0) is 20.3. The summed E-state index contributed by atoms with van der Waals surface area (Å²) in [5.41, 5.74) is -0.465. The van der Waals surface area contributed by atoms with Crippen LogP contribution in [0.5, 0.6) is 0 Å². The normalized spacial score (nSPS) is 10.4. The van der Waals surface area contributed by atoms with Crippen molar-refractivity contribution >= 4 is 23.2 Å². The molecule has 0 spiro atoms. The highest BCUT2D eigenvalue weighted by atomic mass is 19.1. The fourth-order valence-electron chi connectivity index (χ4n) is 2.35. The van der Waals surface area contributed by atoms with E-state index in [-0.39, 0.29) is 22.6 Å². The van der Waals surface area contributed by atoms with Crippen LogP contribution in [0.3, 0.4) is 0 Å². The molecule has 0 saturated carbocycles. The predicted octanol–water partition coefficient (Wildman–Crippen LogP) is 4.14. The molecule has 2 amide bonds. The van der Waals surface area contributed by atoms with Gasteiger partial charge in [-0.15, -0.1) is 0 Å². The van der Waals surface area contributed by atoms with Gasteiger partial charge in [0.2, 0.25) is 0 Å². The van der Waals surface area contributed by atoms with E-state index in [2.05, 4.69) is 15.6 Å². The highest BCUT2D eigenvalue weighted by Gasteiger charge is 2.14. The van der Waals surface area contributed by atoms with Crippen LogP contribution in [-0.2, 0) is 0 Å². The first-order chi connectivity index (χ1) is 13.3. The van der Waals surface area contributed by atoms with Crippen molar-refractivity contribution < 1.29 is 27.2 Å². The number of benzene rings is 2. The van der Waals surface area contributed by atoms with Gasteiger partial charge in [0.1, 0.15) is 29.0 Å². The molecule has 0 radical (unpaired) electrons. The lowest BCUT2D eigenvalue weighted by Crippen LogP contribution is -2.17. The number of aromatic nitrogens is 1. The lowest BCUT2D eigenvalue weighted by atomic mass is 10.2. The molecule has 0 bridgehead atoms. The number of amides is 2. The number of pyridine rings is 1. The molecule has 3 rings (SSSR count). The number of carbonyl (C=O) groups is 2. The van der Waals surface area contributed by atoms with Crippen LogP contribution in [0.25, 0.3) is 0 Å². The average Bonchev–Trinajstić information content (AvgIpc) is 2.60. The van der Waals surface area contributed by atoms with Crippen LogP contribution in [0.4, 0.5) is 28.9 Å². The lowest BCUT2D eigenvalue weighted by molar-refractivity contribution is 0.102. The molecule has 2 N–H and O–H groups in total. The largest absolute Gasteiger partial charge is 0.322 e. The van der Waals surface area contributed by atoms with E-state index in [0.717, 1.165) is 30.3 Å². The van der Waals surface area contributed by atoms with Crippen LogP contribution >= 0.6 is 0 Å². The van der Waals surface area contributed by atoms with Gasteiger partial charge in [0.05, 0.1) is 0 Å². The number of nitrogens with zero attached hydrogens (tertiary/aromatic N) is 1. The third-order valence-electron chi connectivity index (χ3n) is 3.50. The number of halogens is 4. The lowest BCUT2D eigenvalue weighted by Gasteiger charge is -2.08. The summed E-state index contributed by atoms with van der Waals surface area (Å²) in [6.07, 6.45) is 1.17. The summed E-state index contributed by atoms with van der Waals surface area (Å²) in [5, 5.41) is 4.55. The molecule has 0 aliphatic carbocycles. The van der Waals surface area contributed by atoms with Gasteiger partial charge in [0.15, 0.2) is 0 Å². The number of carbonyl (C=O) groups excluding carboxylic acids is 2. The second-order valence-corrected chi connectivity index (χ2v) is 5.65. The highest BCUT2D eigenvalue weighted by molar-refractivity contribution is 6.07. The van der Waals surface area contributed by atoms with Crippen LogP contribution in [0.1, 0.15) is 20.8 Å². The first-order valence-electron chi connectivity index (χ1n) is 7.81. The van der Waals surface area contributed by atoms with Gasteiger partial charge in [-0.2, -0.15) is 0 Å². The van der Waals surface area contributed by atoms with Crippen molar-refractivity contribution in [3.63, 3.8) is 0 Å². The Kier molecular flexibility index (Phi) is 5.35. The van der Waals surface area contributed by atoms with E-state index in [1.807, 2.05) is 0 Å². The molecule has 5 nitrogen and oxygen atoms in total. The number of anilines is 2. The molecular weight excluding hydrogens is 378 g/mol. The predicted molar refractivity (Wildman–Crippen MR) is 92.9 cm³/mol. The van der Waals surface area contributed by atoms with E-state index < -0.39 is 35.1 Å². The molecule has 1 aromatic heterocycles. The minimum Gasteiger partial charge on any atom is -0.322 e. The Labute approximate surface area is 156 Å². The summed E-state index contributed by atoms with van der Waals surface area (Å²) in [6, 6.07) is 7.38. The number of nitrogens with one attached hydrogen (secondary N) is 2. The number of hydrogen-bond acceptors (Lipinski definition) is 3. The minimum atomic E-state index is -0.876. The van der Waals surface area contributed by atoms with E-state index in [1.54, 1.807) is 0 Å². The molecule has 28 heavy (non-hydrogen) atoms.